The van der Waals surface area contributed by atoms with Crippen LogP contribution in [0.2, 0.25) is 5.02 Å². The Kier molecular flexibility index (Phi) is 5.57. The van der Waals surface area contributed by atoms with E-state index in [1.807, 2.05) is 6.08 Å². The third-order valence-electron chi connectivity index (χ3n) is 3.28. The van der Waals surface area contributed by atoms with Crippen molar-refractivity contribution in [2.24, 2.45) is 0 Å². The molecule has 22 heavy (non-hydrogen) atoms. The smallest absolute Gasteiger partial charge is 0.339 e. The quantitative estimate of drug-likeness (QED) is 0.621. The second kappa shape index (κ2) is 7.23. The maximum Gasteiger partial charge on any atom is 0.339 e. The minimum Gasteiger partial charge on any atom is -0.465 e. The molecular weight excluding hydrogens is 328 g/mol. The minimum absolute atomic E-state index is 0.0817. The molecule has 1 aromatic carbocycles. The topological polar surface area (TPSA) is 84.5 Å². The lowest BCUT2D eigenvalue weighted by atomic mass is 10.1. The fourth-order valence-corrected chi connectivity index (χ4v) is 3.48. The van der Waals surface area contributed by atoms with Crippen LogP contribution < -0.4 is 10.0 Å². The average Bonchev–Trinajstić information content (AvgIpc) is 2.53. The van der Waals surface area contributed by atoms with Gasteiger partial charge in [0.05, 0.1) is 17.6 Å². The van der Waals surface area contributed by atoms with E-state index in [4.69, 9.17) is 11.6 Å². The number of rotatable bonds is 5. The van der Waals surface area contributed by atoms with Gasteiger partial charge in [-0.25, -0.2) is 17.9 Å². The molecule has 0 radical (unpaired) electrons. The van der Waals surface area contributed by atoms with Crippen LogP contribution in [0.5, 0.6) is 0 Å². The summed E-state index contributed by atoms with van der Waals surface area (Å²) in [5.41, 5.74) is 0.928. The number of carbonyl (C=O) groups excluding carboxylic acids is 1. The van der Waals surface area contributed by atoms with Gasteiger partial charge in [-0.1, -0.05) is 23.3 Å². The van der Waals surface area contributed by atoms with Gasteiger partial charge in [0.25, 0.3) is 0 Å². The fourth-order valence-electron chi connectivity index (χ4n) is 2.10. The first-order chi connectivity index (χ1) is 10.4. The lowest BCUT2D eigenvalue weighted by Crippen LogP contribution is -2.30. The Bertz CT molecular complexity index is 701. The Morgan fingerprint density at radius 1 is 1.45 bits per heavy atom. The van der Waals surface area contributed by atoms with Crippen molar-refractivity contribution in [2.45, 2.75) is 11.3 Å². The molecule has 8 heteroatoms. The highest BCUT2D eigenvalue weighted by Gasteiger charge is 2.23. The molecule has 0 bridgehead atoms. The van der Waals surface area contributed by atoms with Gasteiger partial charge in [-0.3, -0.25) is 0 Å². The molecule has 120 valence electrons. The van der Waals surface area contributed by atoms with Crippen LogP contribution in [0.3, 0.4) is 0 Å². The van der Waals surface area contributed by atoms with Gasteiger partial charge < -0.3 is 10.1 Å². The van der Waals surface area contributed by atoms with E-state index in [-0.39, 0.29) is 22.0 Å². The summed E-state index contributed by atoms with van der Waals surface area (Å²) in [5, 5.41) is 3.42. The van der Waals surface area contributed by atoms with E-state index in [0.29, 0.717) is 0 Å². The van der Waals surface area contributed by atoms with Crippen molar-refractivity contribution in [2.75, 3.05) is 26.7 Å². The first-order valence-corrected chi connectivity index (χ1v) is 8.56. The molecule has 0 unspecified atom stereocenters. The summed E-state index contributed by atoms with van der Waals surface area (Å²) in [6.07, 6.45) is 2.74. The lowest BCUT2D eigenvalue weighted by molar-refractivity contribution is 0.0596. The van der Waals surface area contributed by atoms with Gasteiger partial charge in [-0.05, 0) is 31.2 Å². The SMILES string of the molecule is COC(=O)c1cc(Cl)ccc1S(=O)(=O)NCC1=CCNCC1. The normalized spacial score (nSPS) is 15.3. The number of hydrogen-bond donors (Lipinski definition) is 2. The summed E-state index contributed by atoms with van der Waals surface area (Å²) in [5.74, 6) is -0.746. The summed E-state index contributed by atoms with van der Waals surface area (Å²) >= 11 is 5.83. The van der Waals surface area contributed by atoms with Crippen molar-refractivity contribution in [3.8, 4) is 0 Å². The van der Waals surface area contributed by atoms with E-state index in [9.17, 15) is 13.2 Å². The predicted octanol–water partition coefficient (Wildman–Crippen LogP) is 1.32. The second-order valence-electron chi connectivity index (χ2n) is 4.77. The highest BCUT2D eigenvalue weighted by molar-refractivity contribution is 7.89. The number of hydrogen-bond acceptors (Lipinski definition) is 5. The number of carbonyl (C=O) groups is 1. The van der Waals surface area contributed by atoms with Crippen molar-refractivity contribution < 1.29 is 17.9 Å². The Balaban J connectivity index is 2.25. The highest BCUT2D eigenvalue weighted by Crippen LogP contribution is 2.21. The predicted molar refractivity (Wildman–Crippen MR) is 83.5 cm³/mol. The number of benzene rings is 1. The Hall–Kier alpha value is -1.41. The number of sulfonamides is 1. The highest BCUT2D eigenvalue weighted by atomic mass is 35.5. The molecule has 0 saturated heterocycles. The van der Waals surface area contributed by atoms with Crippen molar-refractivity contribution >= 4 is 27.6 Å². The summed E-state index contributed by atoms with van der Waals surface area (Å²) in [7, 11) is -2.65. The largest absolute Gasteiger partial charge is 0.465 e. The second-order valence-corrected chi connectivity index (χ2v) is 6.94. The summed E-state index contributed by atoms with van der Waals surface area (Å²) in [6, 6.07) is 4.01. The van der Waals surface area contributed by atoms with Crippen LogP contribution in [0.25, 0.3) is 0 Å². The third-order valence-corrected chi connectivity index (χ3v) is 4.98. The number of nitrogens with one attached hydrogen (secondary N) is 2. The van der Waals surface area contributed by atoms with E-state index in [1.165, 1.54) is 25.3 Å². The number of methoxy groups -OCH3 is 1. The Labute approximate surface area is 134 Å². The standard InChI is InChI=1S/C14H17ClN2O4S/c1-21-14(18)12-8-11(15)2-3-13(12)22(19,20)17-9-10-4-6-16-7-5-10/h2-4,8,16-17H,5-7,9H2,1H3. The zero-order chi connectivity index (χ0) is 16.2. The summed E-state index contributed by atoms with van der Waals surface area (Å²) in [6.45, 7) is 1.76. The number of ether oxygens (including phenoxy) is 1. The molecule has 0 atom stereocenters. The molecule has 0 amide bonds. The first-order valence-electron chi connectivity index (χ1n) is 6.70. The number of halogens is 1. The van der Waals surface area contributed by atoms with Crippen molar-refractivity contribution in [1.82, 2.24) is 10.0 Å². The number of esters is 1. The van der Waals surface area contributed by atoms with E-state index < -0.39 is 16.0 Å². The molecule has 2 rings (SSSR count). The molecule has 1 heterocycles. The van der Waals surface area contributed by atoms with Gasteiger partial charge >= 0.3 is 5.97 Å². The minimum atomic E-state index is -3.83. The molecule has 0 aliphatic carbocycles. The van der Waals surface area contributed by atoms with E-state index in [1.54, 1.807) is 0 Å². The van der Waals surface area contributed by atoms with Crippen LogP contribution >= 0.6 is 11.6 Å². The Morgan fingerprint density at radius 2 is 2.23 bits per heavy atom. The molecule has 1 aliphatic heterocycles. The van der Waals surface area contributed by atoms with Gasteiger partial charge in [0.1, 0.15) is 0 Å². The lowest BCUT2D eigenvalue weighted by Gasteiger charge is -2.15. The molecule has 0 saturated carbocycles. The van der Waals surface area contributed by atoms with Crippen LogP contribution in [-0.2, 0) is 14.8 Å². The van der Waals surface area contributed by atoms with E-state index in [0.717, 1.165) is 25.1 Å². The zero-order valence-corrected chi connectivity index (χ0v) is 13.6. The van der Waals surface area contributed by atoms with Gasteiger partial charge in [0, 0.05) is 18.1 Å². The van der Waals surface area contributed by atoms with E-state index in [2.05, 4.69) is 14.8 Å². The Morgan fingerprint density at radius 3 is 2.86 bits per heavy atom. The molecule has 0 fully saturated rings. The van der Waals surface area contributed by atoms with Crippen molar-refractivity contribution in [3.05, 3.63) is 40.4 Å². The molecule has 6 nitrogen and oxygen atoms in total. The van der Waals surface area contributed by atoms with Gasteiger partial charge in [-0.2, -0.15) is 0 Å². The van der Waals surface area contributed by atoms with Gasteiger partial charge in [0.15, 0.2) is 0 Å². The first kappa shape index (κ1) is 17.0. The average molecular weight is 345 g/mol. The molecule has 0 spiro atoms. The van der Waals surface area contributed by atoms with Gasteiger partial charge in [-0.15, -0.1) is 0 Å². The monoisotopic (exact) mass is 344 g/mol. The van der Waals surface area contributed by atoms with Crippen LogP contribution in [0, 0.1) is 0 Å². The van der Waals surface area contributed by atoms with Crippen LogP contribution in [0.1, 0.15) is 16.8 Å². The molecule has 0 aromatic heterocycles. The molecule has 1 aromatic rings. The third kappa shape index (κ3) is 4.07. The maximum atomic E-state index is 12.4. The van der Waals surface area contributed by atoms with Crippen LogP contribution in [0.15, 0.2) is 34.7 Å². The zero-order valence-electron chi connectivity index (χ0n) is 12.1. The molecule has 2 N–H and O–H groups in total. The fraction of sp³-hybridized carbons (Fsp3) is 0.357. The van der Waals surface area contributed by atoms with Gasteiger partial charge in [0.2, 0.25) is 10.0 Å². The summed E-state index contributed by atoms with van der Waals surface area (Å²) < 4.78 is 32.0. The van der Waals surface area contributed by atoms with Crippen LogP contribution in [-0.4, -0.2) is 41.1 Å². The van der Waals surface area contributed by atoms with Crippen LogP contribution in [0.4, 0.5) is 0 Å². The van der Waals surface area contributed by atoms with Crippen molar-refractivity contribution in [1.29, 1.82) is 0 Å². The van der Waals surface area contributed by atoms with E-state index >= 15 is 0 Å². The van der Waals surface area contributed by atoms with Crippen molar-refractivity contribution in [3.63, 3.8) is 0 Å². The maximum absolute atomic E-state index is 12.4. The summed E-state index contributed by atoms with van der Waals surface area (Å²) in [4.78, 5) is 11.6. The molecular formula is C14H17ClN2O4S. The molecule has 1 aliphatic rings.